The Morgan fingerprint density at radius 1 is 0.702 bits per heavy atom. The molecule has 0 bridgehead atoms. The van der Waals surface area contributed by atoms with Crippen LogP contribution in [0.4, 0.5) is 0 Å². The Morgan fingerprint density at radius 2 is 1.21 bits per heavy atom. The summed E-state index contributed by atoms with van der Waals surface area (Å²) in [7, 11) is -7.36. The van der Waals surface area contributed by atoms with Crippen molar-refractivity contribution in [2.75, 3.05) is 27.9 Å². The zero-order valence-corrected chi connectivity index (χ0v) is 30.1. The van der Waals surface area contributed by atoms with Crippen molar-refractivity contribution in [1.82, 2.24) is 0 Å². The van der Waals surface area contributed by atoms with Gasteiger partial charge in [0.05, 0.1) is 6.61 Å². The topological polar surface area (TPSA) is 92.7 Å². The SMILES string of the molecule is C=C(C)C(=O)OCCC[Si](O)(OC)O[Si](OC)(O[Si](OC)(c1ccccc1)c1ccccc1)c1c2ccccc2cc2ccccc12. The first-order chi connectivity index (χ1) is 22.7. The van der Waals surface area contributed by atoms with Gasteiger partial charge in [0.1, 0.15) is 0 Å². The fraction of sp³-hybridized carbons (Fsp3) is 0.194. The van der Waals surface area contributed by atoms with E-state index in [1.807, 2.05) is 109 Å². The van der Waals surface area contributed by atoms with Gasteiger partial charge in [-0.1, -0.05) is 116 Å². The Hall–Kier alpha value is -3.76. The molecule has 0 aliphatic carbocycles. The lowest BCUT2D eigenvalue weighted by Crippen LogP contribution is -2.74. The molecule has 0 fully saturated rings. The lowest BCUT2D eigenvalue weighted by molar-refractivity contribution is -0.139. The van der Waals surface area contributed by atoms with Gasteiger partial charge in [-0.25, -0.2) is 4.79 Å². The van der Waals surface area contributed by atoms with E-state index in [9.17, 15) is 9.59 Å². The molecule has 8 nitrogen and oxygen atoms in total. The van der Waals surface area contributed by atoms with Crippen LogP contribution in [0.5, 0.6) is 0 Å². The Balaban J connectivity index is 1.75. The average Bonchev–Trinajstić information content (AvgIpc) is 3.11. The molecule has 5 aromatic carbocycles. The third-order valence-corrected chi connectivity index (χ3v) is 18.7. The number of rotatable bonds is 15. The number of fused-ring (bicyclic) bond motifs is 2. The third kappa shape index (κ3) is 7.23. The molecular weight excluding hydrogens is 645 g/mol. The number of esters is 1. The van der Waals surface area contributed by atoms with Gasteiger partial charge in [0.25, 0.3) is 0 Å². The highest BCUT2D eigenvalue weighted by molar-refractivity contribution is 7.01. The van der Waals surface area contributed by atoms with Crippen LogP contribution in [0, 0.1) is 0 Å². The fourth-order valence-electron chi connectivity index (χ4n) is 5.71. The van der Waals surface area contributed by atoms with E-state index in [0.29, 0.717) is 10.8 Å². The van der Waals surface area contributed by atoms with Crippen LogP contribution < -0.4 is 15.6 Å². The lowest BCUT2D eigenvalue weighted by Gasteiger charge is -2.42. The van der Waals surface area contributed by atoms with Crippen LogP contribution in [0.2, 0.25) is 6.04 Å². The summed E-state index contributed by atoms with van der Waals surface area (Å²) in [6.07, 6.45) is 0.282. The van der Waals surface area contributed by atoms with Gasteiger partial charge in [0.2, 0.25) is 0 Å². The van der Waals surface area contributed by atoms with Crippen LogP contribution in [0.25, 0.3) is 21.5 Å². The van der Waals surface area contributed by atoms with E-state index < -0.39 is 32.1 Å². The van der Waals surface area contributed by atoms with E-state index in [1.165, 1.54) is 7.11 Å². The minimum absolute atomic E-state index is 0.0537. The number of benzene rings is 5. The molecule has 5 rings (SSSR count). The van der Waals surface area contributed by atoms with Gasteiger partial charge in [-0.05, 0) is 51.3 Å². The summed E-state index contributed by atoms with van der Waals surface area (Å²) in [5.74, 6) is -0.499. The van der Waals surface area contributed by atoms with E-state index in [2.05, 4.69) is 12.6 Å². The molecule has 244 valence electrons. The van der Waals surface area contributed by atoms with Crippen molar-refractivity contribution in [2.45, 2.75) is 19.4 Å². The van der Waals surface area contributed by atoms with Crippen molar-refractivity contribution in [1.29, 1.82) is 0 Å². The maximum atomic E-state index is 12.2. The molecule has 0 heterocycles. The molecule has 0 radical (unpaired) electrons. The fourth-order valence-corrected chi connectivity index (χ4v) is 17.1. The molecule has 1 N–H and O–H groups in total. The number of carbonyl (C=O) groups excluding carboxylic acids is 1. The molecule has 0 aliphatic heterocycles. The number of carbonyl (C=O) groups is 1. The molecule has 0 aromatic heterocycles. The van der Waals surface area contributed by atoms with Gasteiger partial charge < -0.3 is 31.0 Å². The van der Waals surface area contributed by atoms with Gasteiger partial charge in [0.15, 0.2) is 0 Å². The van der Waals surface area contributed by atoms with Gasteiger partial charge in [-0.15, -0.1) is 0 Å². The van der Waals surface area contributed by atoms with E-state index in [0.717, 1.165) is 31.9 Å². The van der Waals surface area contributed by atoms with Crippen LogP contribution in [0.3, 0.4) is 0 Å². The molecule has 2 atom stereocenters. The monoisotopic (exact) mass is 684 g/mol. The van der Waals surface area contributed by atoms with Gasteiger partial charge >= 0.3 is 32.1 Å². The summed E-state index contributed by atoms with van der Waals surface area (Å²) < 4.78 is 38.6. The first-order valence-electron chi connectivity index (χ1n) is 15.3. The largest absolute Gasteiger partial charge is 0.522 e. The molecule has 0 saturated heterocycles. The van der Waals surface area contributed by atoms with Gasteiger partial charge in [-0.3, -0.25) is 0 Å². The van der Waals surface area contributed by atoms with E-state index in [1.54, 1.807) is 21.1 Å². The zero-order chi connectivity index (χ0) is 33.5. The van der Waals surface area contributed by atoms with Crippen molar-refractivity contribution >= 4 is 69.2 Å². The first-order valence-corrected chi connectivity index (χ1v) is 20.8. The molecule has 0 spiro atoms. The summed E-state index contributed by atoms with van der Waals surface area (Å²) in [4.78, 5) is 24.2. The standard InChI is InChI=1S/C36H40O8Si3/c1-28(2)36(37)42-25-16-26-45(38,39-3)43-47(41-5,35-33-23-14-12-17-29(33)27-30-18-13-15-24-34(30)35)44-46(40-4,31-19-8-6-9-20-31)32-21-10-7-11-22-32/h6-15,17-24,27,38H,1,16,25-26H2,2-5H3. The summed E-state index contributed by atoms with van der Waals surface area (Å²) in [5, 5.41) is 6.02. The van der Waals surface area contributed by atoms with Crippen molar-refractivity contribution in [2.24, 2.45) is 0 Å². The highest BCUT2D eigenvalue weighted by Gasteiger charge is 2.60. The minimum Gasteiger partial charge on any atom is -0.462 e. The Bertz CT molecular complexity index is 1750. The molecular formula is C36H40O8Si3. The smallest absolute Gasteiger partial charge is 0.462 e. The normalized spacial score (nSPS) is 14.4. The maximum Gasteiger partial charge on any atom is 0.522 e. The second-order valence-electron chi connectivity index (χ2n) is 11.1. The van der Waals surface area contributed by atoms with Crippen LogP contribution in [-0.2, 0) is 31.0 Å². The Labute approximate surface area is 279 Å². The van der Waals surface area contributed by atoms with Crippen LogP contribution in [0.15, 0.2) is 127 Å². The second-order valence-corrected chi connectivity index (χ2v) is 19.9. The van der Waals surface area contributed by atoms with Crippen LogP contribution in [-0.4, -0.2) is 64.9 Å². The summed E-state index contributed by atoms with van der Waals surface area (Å²) in [6.45, 7) is 5.27. The van der Waals surface area contributed by atoms with Crippen molar-refractivity contribution < 1.29 is 35.8 Å². The lowest BCUT2D eigenvalue weighted by atomic mass is 10.0. The van der Waals surface area contributed by atoms with Crippen LogP contribution in [0.1, 0.15) is 13.3 Å². The highest BCUT2D eigenvalue weighted by atomic mass is 28.5. The quantitative estimate of drug-likeness (QED) is 0.0553. The molecule has 0 saturated carbocycles. The van der Waals surface area contributed by atoms with E-state index >= 15 is 0 Å². The number of hydrogen-bond acceptors (Lipinski definition) is 8. The zero-order valence-electron chi connectivity index (χ0n) is 27.1. The summed E-state index contributed by atoms with van der Waals surface area (Å²) in [5.41, 5.74) is 0.297. The Morgan fingerprint density at radius 3 is 1.68 bits per heavy atom. The van der Waals surface area contributed by atoms with Crippen molar-refractivity contribution in [3.63, 3.8) is 0 Å². The molecule has 2 unspecified atom stereocenters. The number of ether oxygens (including phenoxy) is 1. The van der Waals surface area contributed by atoms with Crippen LogP contribution >= 0.6 is 0 Å². The van der Waals surface area contributed by atoms with Gasteiger partial charge in [-0.2, -0.15) is 0 Å². The Kier molecular flexibility index (Phi) is 11.0. The summed E-state index contributed by atoms with van der Waals surface area (Å²) >= 11 is 0. The predicted molar refractivity (Wildman–Crippen MR) is 191 cm³/mol. The van der Waals surface area contributed by atoms with E-state index in [4.69, 9.17) is 26.2 Å². The average molecular weight is 685 g/mol. The second kappa shape index (κ2) is 15.0. The predicted octanol–water partition coefficient (Wildman–Crippen LogP) is 4.81. The molecule has 0 amide bonds. The third-order valence-electron chi connectivity index (χ3n) is 8.05. The summed E-state index contributed by atoms with van der Waals surface area (Å²) in [6, 6.07) is 37.7. The molecule has 5 aromatic rings. The minimum atomic E-state index is -4.25. The van der Waals surface area contributed by atoms with Crippen molar-refractivity contribution in [3.8, 4) is 0 Å². The number of hydrogen-bond donors (Lipinski definition) is 1. The van der Waals surface area contributed by atoms with E-state index in [-0.39, 0.29) is 19.1 Å². The van der Waals surface area contributed by atoms with Crippen molar-refractivity contribution in [3.05, 3.63) is 127 Å². The molecule has 47 heavy (non-hydrogen) atoms. The van der Waals surface area contributed by atoms with Gasteiger partial charge in [0, 0.05) is 38.1 Å². The highest BCUT2D eigenvalue weighted by Crippen LogP contribution is 2.31. The molecule has 11 heteroatoms. The maximum absolute atomic E-state index is 12.2. The molecule has 0 aliphatic rings. The first kappa shape index (κ1) is 34.6.